The fourth-order valence-electron chi connectivity index (χ4n) is 1.93. The Bertz CT molecular complexity index is 308. The number of ether oxygens (including phenoxy) is 2. The van der Waals surface area contributed by atoms with Gasteiger partial charge in [0, 0.05) is 39.4 Å². The minimum atomic E-state index is -0.843. The van der Waals surface area contributed by atoms with Crippen molar-refractivity contribution in [2.24, 2.45) is 5.92 Å². The van der Waals surface area contributed by atoms with Gasteiger partial charge in [0.15, 0.2) is 0 Å². The Balaban J connectivity index is 2.40. The normalized spacial score (nSPS) is 15.0. The molecule has 7 nitrogen and oxygen atoms in total. The number of likely N-dealkylation sites (tertiary alicyclic amines) is 1. The number of carbonyl (C=O) groups is 2. The molecule has 0 unspecified atom stereocenters. The molecule has 1 aliphatic heterocycles. The van der Waals surface area contributed by atoms with Crippen molar-refractivity contribution in [1.29, 1.82) is 0 Å². The number of nitrogens with zero attached hydrogens (tertiary/aromatic N) is 2. The molecule has 0 saturated carbocycles. The summed E-state index contributed by atoms with van der Waals surface area (Å²) < 4.78 is 10.5. The lowest BCUT2D eigenvalue weighted by atomic mass is 10.0. The molecule has 0 aromatic carbocycles. The molecule has 1 fully saturated rings. The Morgan fingerprint density at radius 1 is 1.15 bits per heavy atom. The van der Waals surface area contributed by atoms with E-state index in [1.165, 1.54) is 0 Å². The van der Waals surface area contributed by atoms with Gasteiger partial charge in [-0.3, -0.25) is 4.79 Å². The molecule has 7 heteroatoms. The van der Waals surface area contributed by atoms with Gasteiger partial charge in [-0.1, -0.05) is 0 Å². The van der Waals surface area contributed by atoms with Crippen molar-refractivity contribution >= 4 is 12.0 Å². The Kier molecular flexibility index (Phi) is 7.32. The maximum Gasteiger partial charge on any atom is 0.320 e. The van der Waals surface area contributed by atoms with Crippen LogP contribution in [-0.4, -0.2) is 79.5 Å². The third kappa shape index (κ3) is 4.97. The number of carbonyl (C=O) groups excluding carboxylic acids is 1. The summed E-state index contributed by atoms with van der Waals surface area (Å²) in [5.41, 5.74) is 0. The highest BCUT2D eigenvalue weighted by Crippen LogP contribution is 2.17. The van der Waals surface area contributed by atoms with E-state index < -0.39 is 11.9 Å². The number of aliphatic carboxylic acids is 1. The molecule has 1 rings (SSSR count). The van der Waals surface area contributed by atoms with E-state index in [2.05, 4.69) is 0 Å². The van der Waals surface area contributed by atoms with Crippen LogP contribution in [0.25, 0.3) is 0 Å². The summed E-state index contributed by atoms with van der Waals surface area (Å²) >= 11 is 0. The summed E-state index contributed by atoms with van der Waals surface area (Å²) in [6.07, 6.45) is 0. The van der Waals surface area contributed by atoms with Crippen LogP contribution in [0.5, 0.6) is 0 Å². The van der Waals surface area contributed by atoms with Crippen molar-refractivity contribution in [3.8, 4) is 0 Å². The van der Waals surface area contributed by atoms with Gasteiger partial charge < -0.3 is 24.4 Å². The second-order valence-electron chi connectivity index (χ2n) is 4.60. The van der Waals surface area contributed by atoms with Crippen LogP contribution >= 0.6 is 0 Å². The number of hydrogen-bond acceptors (Lipinski definition) is 4. The number of rotatable bonds is 9. The zero-order valence-corrected chi connectivity index (χ0v) is 12.2. The first-order valence-corrected chi connectivity index (χ1v) is 7.02. The van der Waals surface area contributed by atoms with Crippen LogP contribution in [0.3, 0.4) is 0 Å². The third-order valence-electron chi connectivity index (χ3n) is 3.19. The quantitative estimate of drug-likeness (QED) is 0.625. The Morgan fingerprint density at radius 2 is 1.65 bits per heavy atom. The number of amides is 2. The summed E-state index contributed by atoms with van der Waals surface area (Å²) in [6, 6.07) is -0.137. The highest BCUT2D eigenvalue weighted by Gasteiger charge is 2.37. The molecular weight excluding hydrogens is 264 g/mol. The van der Waals surface area contributed by atoms with E-state index in [0.29, 0.717) is 39.5 Å². The summed E-state index contributed by atoms with van der Waals surface area (Å²) in [5, 5.41) is 8.83. The first-order valence-electron chi connectivity index (χ1n) is 7.02. The number of carboxylic acids is 1. The van der Waals surface area contributed by atoms with Gasteiger partial charge in [0.1, 0.15) is 0 Å². The van der Waals surface area contributed by atoms with Crippen LogP contribution in [0, 0.1) is 5.92 Å². The Labute approximate surface area is 119 Å². The molecule has 1 N–H and O–H groups in total. The fraction of sp³-hybridized carbons (Fsp3) is 0.846. The van der Waals surface area contributed by atoms with Crippen molar-refractivity contribution in [2.45, 2.75) is 13.8 Å². The van der Waals surface area contributed by atoms with E-state index in [-0.39, 0.29) is 19.1 Å². The van der Waals surface area contributed by atoms with Crippen LogP contribution in [0.15, 0.2) is 0 Å². The summed E-state index contributed by atoms with van der Waals surface area (Å²) in [5.74, 6) is -1.27. The summed E-state index contributed by atoms with van der Waals surface area (Å²) in [6.45, 7) is 7.54. The number of carboxylic acid groups (broad SMARTS) is 1. The van der Waals surface area contributed by atoms with Crippen molar-refractivity contribution in [1.82, 2.24) is 9.80 Å². The molecule has 0 bridgehead atoms. The van der Waals surface area contributed by atoms with E-state index in [1.54, 1.807) is 9.80 Å². The van der Waals surface area contributed by atoms with E-state index in [0.717, 1.165) is 0 Å². The molecule has 116 valence electrons. The smallest absolute Gasteiger partial charge is 0.320 e. The highest BCUT2D eigenvalue weighted by atomic mass is 16.5. The van der Waals surface area contributed by atoms with Crippen molar-refractivity contribution in [3.05, 3.63) is 0 Å². The van der Waals surface area contributed by atoms with Crippen LogP contribution in [0.1, 0.15) is 13.8 Å². The van der Waals surface area contributed by atoms with E-state index in [1.807, 2.05) is 13.8 Å². The molecule has 1 heterocycles. The molecule has 0 aliphatic carbocycles. The zero-order chi connectivity index (χ0) is 15.0. The van der Waals surface area contributed by atoms with E-state index in [4.69, 9.17) is 14.6 Å². The molecular formula is C13H24N2O5. The number of urea groups is 1. The highest BCUT2D eigenvalue weighted by molar-refractivity contribution is 5.79. The first-order chi connectivity index (χ1) is 9.60. The third-order valence-corrected chi connectivity index (χ3v) is 3.19. The summed E-state index contributed by atoms with van der Waals surface area (Å²) in [4.78, 5) is 26.2. The van der Waals surface area contributed by atoms with Crippen molar-refractivity contribution in [2.75, 3.05) is 52.6 Å². The van der Waals surface area contributed by atoms with Crippen molar-refractivity contribution in [3.63, 3.8) is 0 Å². The van der Waals surface area contributed by atoms with Gasteiger partial charge in [-0.25, -0.2) is 4.79 Å². The van der Waals surface area contributed by atoms with E-state index in [9.17, 15) is 9.59 Å². The standard InChI is InChI=1S/C13H24N2O5/c1-3-19-7-5-14(6-8-20-4-2)13(18)15-9-11(10-15)12(16)17/h11H,3-10H2,1-2H3,(H,16,17). The monoisotopic (exact) mass is 288 g/mol. The van der Waals surface area contributed by atoms with Gasteiger partial charge in [-0.2, -0.15) is 0 Å². The van der Waals surface area contributed by atoms with Gasteiger partial charge in [-0.05, 0) is 13.8 Å². The maximum atomic E-state index is 12.2. The topological polar surface area (TPSA) is 79.3 Å². The fourth-order valence-corrected chi connectivity index (χ4v) is 1.93. The molecule has 0 aromatic heterocycles. The molecule has 2 amide bonds. The maximum absolute atomic E-state index is 12.2. The SMILES string of the molecule is CCOCCN(CCOCC)C(=O)N1CC(C(=O)O)C1. The molecule has 0 atom stereocenters. The second-order valence-corrected chi connectivity index (χ2v) is 4.60. The molecule has 0 aromatic rings. The van der Waals surface area contributed by atoms with Gasteiger partial charge in [0.25, 0.3) is 0 Å². The predicted octanol–water partition coefficient (Wildman–Crippen LogP) is 0.498. The Morgan fingerprint density at radius 3 is 2.05 bits per heavy atom. The van der Waals surface area contributed by atoms with Crippen molar-refractivity contribution < 1.29 is 24.2 Å². The average Bonchev–Trinajstić information content (AvgIpc) is 2.35. The van der Waals surface area contributed by atoms with Crippen LogP contribution < -0.4 is 0 Å². The van der Waals surface area contributed by atoms with Gasteiger partial charge in [0.05, 0.1) is 19.1 Å². The average molecular weight is 288 g/mol. The van der Waals surface area contributed by atoms with Gasteiger partial charge in [-0.15, -0.1) is 0 Å². The summed E-state index contributed by atoms with van der Waals surface area (Å²) in [7, 11) is 0. The second kappa shape index (κ2) is 8.76. The van der Waals surface area contributed by atoms with Gasteiger partial charge >= 0.3 is 12.0 Å². The minimum absolute atomic E-state index is 0.137. The largest absolute Gasteiger partial charge is 0.481 e. The van der Waals surface area contributed by atoms with Crippen LogP contribution in [0.2, 0.25) is 0 Å². The molecule has 0 spiro atoms. The first kappa shape index (κ1) is 16.7. The number of hydrogen-bond donors (Lipinski definition) is 1. The minimum Gasteiger partial charge on any atom is -0.481 e. The van der Waals surface area contributed by atoms with Crippen LogP contribution in [0.4, 0.5) is 4.79 Å². The zero-order valence-electron chi connectivity index (χ0n) is 12.2. The molecule has 20 heavy (non-hydrogen) atoms. The lowest BCUT2D eigenvalue weighted by molar-refractivity contribution is -0.146. The molecule has 1 saturated heterocycles. The van der Waals surface area contributed by atoms with Gasteiger partial charge in [0.2, 0.25) is 0 Å². The lowest BCUT2D eigenvalue weighted by Crippen LogP contribution is -2.57. The van der Waals surface area contributed by atoms with E-state index >= 15 is 0 Å². The molecule has 0 radical (unpaired) electrons. The van der Waals surface area contributed by atoms with Crippen LogP contribution in [-0.2, 0) is 14.3 Å². The Hall–Kier alpha value is -1.34. The predicted molar refractivity (Wildman–Crippen MR) is 72.7 cm³/mol. The molecule has 1 aliphatic rings. The lowest BCUT2D eigenvalue weighted by Gasteiger charge is -2.40.